The van der Waals surface area contributed by atoms with Crippen molar-refractivity contribution in [3.63, 3.8) is 0 Å². The molecule has 1 aliphatic rings. The van der Waals surface area contributed by atoms with Crippen LogP contribution in [-0.2, 0) is 26.2 Å². The molecule has 242 valence electrons. The average molecular weight is 636 g/mol. The van der Waals surface area contributed by atoms with Crippen molar-refractivity contribution >= 4 is 27.5 Å². The third-order valence-electron chi connectivity index (χ3n) is 8.34. The normalized spacial score (nSPS) is 14.3. The number of hydrogen-bond donors (Lipinski definition) is 1. The number of amides is 2. The second-order valence-electron chi connectivity index (χ2n) is 11.6. The summed E-state index contributed by atoms with van der Waals surface area (Å²) in [5, 5.41) is 3.18. The van der Waals surface area contributed by atoms with Gasteiger partial charge in [-0.3, -0.25) is 13.9 Å². The number of ether oxygens (including phenoxy) is 2. The lowest BCUT2D eigenvalue weighted by molar-refractivity contribution is -0.140. The van der Waals surface area contributed by atoms with Gasteiger partial charge in [0.15, 0.2) is 0 Å². The minimum Gasteiger partial charge on any atom is -0.497 e. The van der Waals surface area contributed by atoms with Crippen LogP contribution in [0.5, 0.6) is 11.5 Å². The van der Waals surface area contributed by atoms with Gasteiger partial charge in [-0.25, -0.2) is 8.42 Å². The van der Waals surface area contributed by atoms with Crippen molar-refractivity contribution in [2.24, 2.45) is 0 Å². The van der Waals surface area contributed by atoms with Gasteiger partial charge >= 0.3 is 0 Å². The topological polar surface area (TPSA) is 105 Å². The lowest BCUT2D eigenvalue weighted by atomic mass is 9.95. The predicted octanol–water partition coefficient (Wildman–Crippen LogP) is 5.77. The Kier molecular flexibility index (Phi) is 11.5. The van der Waals surface area contributed by atoms with Crippen molar-refractivity contribution in [1.82, 2.24) is 10.2 Å². The lowest BCUT2D eigenvalue weighted by Crippen LogP contribution is -2.54. The summed E-state index contributed by atoms with van der Waals surface area (Å²) in [6, 6.07) is 18.3. The SMILES string of the molecule is CC[C@H](C(=O)NC1CCCCC1)N(Cc1ccc(OC)cc1)C(=O)CN(c1cc(C)ccc1OC)S(=O)(=O)c1ccc(C)cc1. The molecule has 0 unspecified atom stereocenters. The van der Waals surface area contributed by atoms with Gasteiger partial charge in [0, 0.05) is 12.6 Å². The Hall–Kier alpha value is -4.05. The molecule has 0 heterocycles. The van der Waals surface area contributed by atoms with Crippen molar-refractivity contribution in [3.8, 4) is 11.5 Å². The van der Waals surface area contributed by atoms with Gasteiger partial charge in [-0.2, -0.15) is 0 Å². The predicted molar refractivity (Wildman–Crippen MR) is 176 cm³/mol. The highest BCUT2D eigenvalue weighted by atomic mass is 32.2. The Labute approximate surface area is 267 Å². The van der Waals surface area contributed by atoms with E-state index < -0.39 is 28.5 Å². The molecule has 10 heteroatoms. The number of anilines is 1. The van der Waals surface area contributed by atoms with Crippen LogP contribution in [0.1, 0.15) is 62.1 Å². The Morgan fingerprint density at radius 3 is 2.13 bits per heavy atom. The molecule has 45 heavy (non-hydrogen) atoms. The second-order valence-corrected chi connectivity index (χ2v) is 13.5. The molecule has 3 aromatic carbocycles. The fourth-order valence-corrected chi connectivity index (χ4v) is 7.15. The van der Waals surface area contributed by atoms with Crippen LogP contribution in [0, 0.1) is 13.8 Å². The van der Waals surface area contributed by atoms with E-state index in [0.717, 1.165) is 53.1 Å². The molecule has 0 aliphatic heterocycles. The largest absolute Gasteiger partial charge is 0.497 e. The molecular formula is C35H45N3O6S. The zero-order chi connectivity index (χ0) is 32.6. The van der Waals surface area contributed by atoms with Crippen LogP contribution >= 0.6 is 0 Å². The molecule has 4 rings (SSSR count). The monoisotopic (exact) mass is 635 g/mol. The van der Waals surface area contributed by atoms with E-state index >= 15 is 0 Å². The van der Waals surface area contributed by atoms with E-state index in [0.29, 0.717) is 17.9 Å². The van der Waals surface area contributed by atoms with Gasteiger partial charge in [-0.1, -0.05) is 62.1 Å². The summed E-state index contributed by atoms with van der Waals surface area (Å²) in [7, 11) is -1.17. The van der Waals surface area contributed by atoms with Crippen LogP contribution < -0.4 is 19.1 Å². The van der Waals surface area contributed by atoms with Gasteiger partial charge in [0.25, 0.3) is 10.0 Å². The van der Waals surface area contributed by atoms with Gasteiger partial charge in [-0.05, 0) is 80.6 Å². The summed E-state index contributed by atoms with van der Waals surface area (Å²) in [6.45, 7) is 5.17. The average Bonchev–Trinajstić information content (AvgIpc) is 3.04. The van der Waals surface area contributed by atoms with Crippen LogP contribution in [-0.4, -0.2) is 58.0 Å². The molecule has 0 radical (unpaired) electrons. The number of carbonyl (C=O) groups excluding carboxylic acids is 2. The summed E-state index contributed by atoms with van der Waals surface area (Å²) in [6.07, 6.45) is 5.44. The van der Waals surface area contributed by atoms with Crippen molar-refractivity contribution < 1.29 is 27.5 Å². The molecular weight excluding hydrogens is 590 g/mol. The third-order valence-corrected chi connectivity index (χ3v) is 10.1. The fraction of sp³-hybridized carbons (Fsp3) is 0.429. The molecule has 0 spiro atoms. The van der Waals surface area contributed by atoms with E-state index in [2.05, 4.69) is 5.32 Å². The molecule has 1 saturated carbocycles. The van der Waals surface area contributed by atoms with Crippen LogP contribution in [0.15, 0.2) is 71.6 Å². The minimum absolute atomic E-state index is 0.0493. The fourth-order valence-electron chi connectivity index (χ4n) is 5.74. The summed E-state index contributed by atoms with van der Waals surface area (Å²) in [5.74, 6) is 0.247. The van der Waals surface area contributed by atoms with Gasteiger partial charge in [0.05, 0.1) is 24.8 Å². The Balaban J connectivity index is 1.75. The molecule has 2 amide bonds. The number of methoxy groups -OCH3 is 2. The second kappa shape index (κ2) is 15.3. The van der Waals surface area contributed by atoms with E-state index in [-0.39, 0.29) is 29.1 Å². The van der Waals surface area contributed by atoms with Crippen molar-refractivity contribution in [3.05, 3.63) is 83.4 Å². The molecule has 1 N–H and O–H groups in total. The highest BCUT2D eigenvalue weighted by Crippen LogP contribution is 2.34. The molecule has 1 atom stereocenters. The number of hydrogen-bond acceptors (Lipinski definition) is 6. The van der Waals surface area contributed by atoms with Crippen molar-refractivity contribution in [1.29, 1.82) is 0 Å². The first kappa shape index (κ1) is 33.8. The van der Waals surface area contributed by atoms with Gasteiger partial charge < -0.3 is 19.7 Å². The quantitative estimate of drug-likeness (QED) is 0.256. The maximum atomic E-state index is 14.4. The Morgan fingerprint density at radius 2 is 1.53 bits per heavy atom. The first-order valence-electron chi connectivity index (χ1n) is 15.5. The third kappa shape index (κ3) is 8.36. The van der Waals surface area contributed by atoms with Crippen molar-refractivity contribution in [2.75, 3.05) is 25.1 Å². The Bertz CT molecular complexity index is 1550. The van der Waals surface area contributed by atoms with Crippen LogP contribution in [0.25, 0.3) is 0 Å². The maximum Gasteiger partial charge on any atom is 0.264 e. The smallest absolute Gasteiger partial charge is 0.264 e. The van der Waals surface area contributed by atoms with E-state index in [1.807, 2.05) is 39.0 Å². The highest BCUT2D eigenvalue weighted by Gasteiger charge is 2.35. The molecule has 0 saturated heterocycles. The van der Waals surface area contributed by atoms with Crippen molar-refractivity contribution in [2.45, 2.75) is 82.8 Å². The molecule has 1 aliphatic carbocycles. The molecule has 3 aromatic rings. The van der Waals surface area contributed by atoms with Gasteiger partial charge in [0.2, 0.25) is 11.8 Å². The van der Waals surface area contributed by atoms with E-state index in [1.54, 1.807) is 43.5 Å². The number of rotatable bonds is 13. The molecule has 0 aromatic heterocycles. The number of carbonyl (C=O) groups is 2. The summed E-state index contributed by atoms with van der Waals surface area (Å²) < 4.78 is 40.5. The number of nitrogens with zero attached hydrogens (tertiary/aromatic N) is 2. The zero-order valence-corrected chi connectivity index (χ0v) is 27.7. The van der Waals surface area contributed by atoms with Crippen LogP contribution in [0.3, 0.4) is 0 Å². The van der Waals surface area contributed by atoms with E-state index in [4.69, 9.17) is 9.47 Å². The van der Waals surface area contributed by atoms with E-state index in [9.17, 15) is 18.0 Å². The van der Waals surface area contributed by atoms with Crippen LogP contribution in [0.2, 0.25) is 0 Å². The maximum absolute atomic E-state index is 14.4. The standard InChI is InChI=1S/C35H45N3O6S/c1-6-31(35(40)36-28-10-8-7-9-11-28)37(23-27-15-17-29(43-4)18-16-27)34(39)24-38(32-22-26(3)14-21-33(32)44-5)45(41,42)30-19-12-25(2)13-20-30/h12-22,28,31H,6-11,23-24H2,1-5H3,(H,36,40)/t31-/m1/s1. The van der Waals surface area contributed by atoms with E-state index in [1.165, 1.54) is 24.1 Å². The number of aryl methyl sites for hydroxylation is 2. The van der Waals surface area contributed by atoms with Gasteiger partial charge in [0.1, 0.15) is 24.1 Å². The summed E-state index contributed by atoms with van der Waals surface area (Å²) >= 11 is 0. The number of benzene rings is 3. The zero-order valence-electron chi connectivity index (χ0n) is 26.9. The highest BCUT2D eigenvalue weighted by molar-refractivity contribution is 7.92. The minimum atomic E-state index is -4.22. The molecule has 9 nitrogen and oxygen atoms in total. The number of sulfonamides is 1. The lowest BCUT2D eigenvalue weighted by Gasteiger charge is -2.34. The van der Waals surface area contributed by atoms with Gasteiger partial charge in [-0.15, -0.1) is 0 Å². The Morgan fingerprint density at radius 1 is 0.889 bits per heavy atom. The molecule has 0 bridgehead atoms. The first-order chi connectivity index (χ1) is 21.6. The first-order valence-corrected chi connectivity index (χ1v) is 17.0. The summed E-state index contributed by atoms with van der Waals surface area (Å²) in [5.41, 5.74) is 2.74. The van der Waals surface area contributed by atoms with Crippen LogP contribution in [0.4, 0.5) is 5.69 Å². The number of nitrogens with one attached hydrogen (secondary N) is 1. The summed E-state index contributed by atoms with van der Waals surface area (Å²) in [4.78, 5) is 29.7. The molecule has 1 fully saturated rings.